The molecule has 0 fully saturated rings. The van der Waals surface area contributed by atoms with Gasteiger partial charge in [0.15, 0.2) is 5.82 Å². The third kappa shape index (κ3) is 9.72. The first-order valence-corrected chi connectivity index (χ1v) is 13.7. The van der Waals surface area contributed by atoms with E-state index in [2.05, 4.69) is 32.3 Å². The number of alkyl halides is 3. The molecule has 13 heteroatoms. The quantitative estimate of drug-likeness (QED) is 0.290. The Morgan fingerprint density at radius 1 is 0.909 bits per heavy atom. The van der Waals surface area contributed by atoms with Gasteiger partial charge in [0, 0.05) is 17.0 Å². The van der Waals surface area contributed by atoms with Crippen molar-refractivity contribution in [3.63, 3.8) is 0 Å². The molecule has 44 heavy (non-hydrogen) atoms. The number of halogens is 3. The van der Waals surface area contributed by atoms with Crippen molar-refractivity contribution < 1.29 is 37.0 Å². The van der Waals surface area contributed by atoms with Gasteiger partial charge >= 0.3 is 18.4 Å². The maximum Gasteiger partial charge on any atom is 0.425 e. The first kappa shape index (κ1) is 33.9. The van der Waals surface area contributed by atoms with Crippen LogP contribution in [-0.2, 0) is 14.3 Å². The van der Waals surface area contributed by atoms with Gasteiger partial charge in [0.25, 0.3) is 0 Å². The molecule has 2 heterocycles. The molecular formula is C31H36F3N5O5. The minimum absolute atomic E-state index is 0.101. The number of amides is 3. The Labute approximate surface area is 253 Å². The summed E-state index contributed by atoms with van der Waals surface area (Å²) in [6, 6.07) is 6.32. The second-order valence-electron chi connectivity index (χ2n) is 13.1. The third-order valence-electron chi connectivity index (χ3n) is 5.31. The zero-order valence-electron chi connectivity index (χ0n) is 26.1. The molecular weight excluding hydrogens is 579 g/mol. The molecule has 10 nitrogen and oxygen atoms in total. The maximum absolute atomic E-state index is 13.4. The number of aromatic nitrogens is 3. The Balaban J connectivity index is 2.24. The first-order valence-electron chi connectivity index (χ1n) is 13.7. The second kappa shape index (κ2) is 12.2. The molecule has 236 valence electrons. The molecule has 0 radical (unpaired) electrons. The predicted molar refractivity (Wildman–Crippen MR) is 160 cm³/mol. The Kier molecular flexibility index (Phi) is 9.39. The van der Waals surface area contributed by atoms with Crippen LogP contribution >= 0.6 is 0 Å². The number of imide groups is 1. The van der Waals surface area contributed by atoms with E-state index in [0.29, 0.717) is 32.5 Å². The molecule has 0 saturated carbocycles. The van der Waals surface area contributed by atoms with Crippen LogP contribution in [0.4, 0.5) is 34.4 Å². The van der Waals surface area contributed by atoms with Crippen molar-refractivity contribution in [3.05, 3.63) is 36.0 Å². The molecule has 0 bridgehead atoms. The number of carbonyl (C=O) groups excluding carboxylic acids is 3. The SMILES string of the molecule is CC(C)(C)C#Cc1cc(-c2ccnc(NC(=O)CC(F)(F)F)c2)cc2c(N(C(=O)OC(C)(C)C)C(=O)OC(C)(C)C)n[nH]c12. The number of benzene rings is 1. The summed E-state index contributed by atoms with van der Waals surface area (Å²) in [6.07, 6.45) is -7.06. The van der Waals surface area contributed by atoms with E-state index in [9.17, 15) is 27.6 Å². The predicted octanol–water partition coefficient (Wildman–Crippen LogP) is 7.59. The minimum atomic E-state index is -4.68. The van der Waals surface area contributed by atoms with Gasteiger partial charge in [-0.05, 0) is 97.7 Å². The number of carbonyl (C=O) groups is 3. The highest BCUT2D eigenvalue weighted by atomic mass is 19.4. The van der Waals surface area contributed by atoms with Crippen molar-refractivity contribution in [2.24, 2.45) is 5.41 Å². The van der Waals surface area contributed by atoms with Crippen LogP contribution in [0.25, 0.3) is 22.0 Å². The monoisotopic (exact) mass is 615 g/mol. The Morgan fingerprint density at radius 2 is 1.50 bits per heavy atom. The fourth-order valence-electron chi connectivity index (χ4n) is 3.71. The van der Waals surface area contributed by atoms with E-state index < -0.39 is 47.3 Å². The lowest BCUT2D eigenvalue weighted by Crippen LogP contribution is -2.44. The topological polar surface area (TPSA) is 127 Å². The third-order valence-corrected chi connectivity index (χ3v) is 5.31. The number of aromatic amines is 1. The van der Waals surface area contributed by atoms with Gasteiger partial charge in [-0.3, -0.25) is 9.89 Å². The highest BCUT2D eigenvalue weighted by Gasteiger charge is 2.36. The van der Waals surface area contributed by atoms with Crippen LogP contribution < -0.4 is 10.2 Å². The van der Waals surface area contributed by atoms with Crippen molar-refractivity contribution in [2.45, 2.75) is 86.1 Å². The summed E-state index contributed by atoms with van der Waals surface area (Å²) >= 11 is 0. The van der Waals surface area contributed by atoms with Crippen LogP contribution in [0.2, 0.25) is 0 Å². The molecule has 0 aliphatic heterocycles. The highest BCUT2D eigenvalue weighted by Crippen LogP contribution is 2.34. The fraction of sp³-hybridized carbons (Fsp3) is 0.452. The number of fused-ring (bicyclic) bond motifs is 1. The Bertz CT molecular complexity index is 1600. The summed E-state index contributed by atoms with van der Waals surface area (Å²) in [5, 5.41) is 9.60. The van der Waals surface area contributed by atoms with E-state index in [1.165, 1.54) is 12.3 Å². The summed E-state index contributed by atoms with van der Waals surface area (Å²) in [5.41, 5.74) is -0.498. The minimum Gasteiger partial charge on any atom is -0.443 e. The van der Waals surface area contributed by atoms with Crippen LogP contribution in [0.15, 0.2) is 30.5 Å². The van der Waals surface area contributed by atoms with E-state index in [-0.39, 0.29) is 11.6 Å². The molecule has 3 amide bonds. The highest BCUT2D eigenvalue weighted by molar-refractivity contribution is 6.14. The van der Waals surface area contributed by atoms with E-state index >= 15 is 0 Å². The largest absolute Gasteiger partial charge is 0.443 e. The van der Waals surface area contributed by atoms with Gasteiger partial charge < -0.3 is 14.8 Å². The van der Waals surface area contributed by atoms with Crippen LogP contribution in [0.5, 0.6) is 0 Å². The summed E-state index contributed by atoms with van der Waals surface area (Å²) in [7, 11) is 0. The van der Waals surface area contributed by atoms with Gasteiger partial charge in [0.05, 0.1) is 11.1 Å². The van der Waals surface area contributed by atoms with Gasteiger partial charge in [-0.2, -0.15) is 23.2 Å². The number of anilines is 2. The Hall–Kier alpha value is -4.60. The van der Waals surface area contributed by atoms with Crippen molar-refractivity contribution in [2.75, 3.05) is 10.2 Å². The molecule has 0 spiro atoms. The van der Waals surface area contributed by atoms with Crippen LogP contribution in [0.3, 0.4) is 0 Å². The number of hydrogen-bond acceptors (Lipinski definition) is 7. The normalized spacial score (nSPS) is 12.3. The summed E-state index contributed by atoms with van der Waals surface area (Å²) in [6.45, 7) is 15.6. The number of rotatable bonds is 4. The van der Waals surface area contributed by atoms with Gasteiger partial charge in [-0.1, -0.05) is 11.8 Å². The van der Waals surface area contributed by atoms with Crippen molar-refractivity contribution in [3.8, 4) is 23.0 Å². The zero-order chi connectivity index (χ0) is 33.3. The van der Waals surface area contributed by atoms with E-state index in [0.717, 1.165) is 0 Å². The molecule has 0 saturated heterocycles. The molecule has 0 unspecified atom stereocenters. The molecule has 3 rings (SSSR count). The number of nitrogens with zero attached hydrogens (tertiary/aromatic N) is 3. The van der Waals surface area contributed by atoms with Crippen LogP contribution in [0.1, 0.15) is 74.3 Å². The number of hydrogen-bond donors (Lipinski definition) is 2. The molecule has 3 aromatic rings. The number of ether oxygens (including phenoxy) is 2. The molecule has 2 aromatic heterocycles. The maximum atomic E-state index is 13.4. The Morgan fingerprint density at radius 3 is 2.02 bits per heavy atom. The van der Waals surface area contributed by atoms with Gasteiger partial charge in [0.2, 0.25) is 5.91 Å². The van der Waals surface area contributed by atoms with Crippen molar-refractivity contribution in [1.82, 2.24) is 15.2 Å². The lowest BCUT2D eigenvalue weighted by Gasteiger charge is -2.27. The molecule has 0 aliphatic rings. The number of nitrogens with one attached hydrogen (secondary N) is 2. The van der Waals surface area contributed by atoms with Crippen LogP contribution in [0, 0.1) is 17.3 Å². The first-order chi connectivity index (χ1) is 20.0. The van der Waals surface area contributed by atoms with Gasteiger partial charge in [0.1, 0.15) is 23.4 Å². The van der Waals surface area contributed by atoms with Crippen molar-refractivity contribution in [1.29, 1.82) is 0 Å². The molecule has 2 N–H and O–H groups in total. The van der Waals surface area contributed by atoms with Crippen LogP contribution in [-0.4, -0.2) is 50.7 Å². The lowest BCUT2D eigenvalue weighted by atomic mass is 9.96. The van der Waals surface area contributed by atoms with E-state index in [4.69, 9.17) is 9.47 Å². The average molecular weight is 616 g/mol. The number of H-pyrrole nitrogens is 1. The summed E-state index contributed by atoms with van der Waals surface area (Å²) in [4.78, 5) is 43.3. The smallest absolute Gasteiger partial charge is 0.425 e. The molecule has 1 aromatic carbocycles. The summed E-state index contributed by atoms with van der Waals surface area (Å²) in [5.74, 6) is 4.78. The fourth-order valence-corrected chi connectivity index (χ4v) is 3.71. The number of pyridine rings is 1. The van der Waals surface area contributed by atoms with Gasteiger partial charge in [-0.15, -0.1) is 0 Å². The van der Waals surface area contributed by atoms with E-state index in [1.807, 2.05) is 20.8 Å². The van der Waals surface area contributed by atoms with E-state index in [1.54, 1.807) is 59.7 Å². The second-order valence-corrected chi connectivity index (χ2v) is 13.1. The van der Waals surface area contributed by atoms with Gasteiger partial charge in [-0.25, -0.2) is 14.6 Å². The average Bonchev–Trinajstić information content (AvgIpc) is 3.22. The molecule has 0 aliphatic carbocycles. The standard InChI is InChI=1S/C31H36F3N5O5/c1-28(2,3)12-10-19-14-20(18-11-13-35-22(16-18)36-23(40)17-31(32,33)34)15-21-24(19)37-38-25(21)39(26(41)43-29(4,5)6)27(42)44-30(7,8)9/h11,13-16H,17H2,1-9H3,(H,37,38)(H,35,36,40). The van der Waals surface area contributed by atoms with Crippen molar-refractivity contribution >= 4 is 40.6 Å². The zero-order valence-corrected chi connectivity index (χ0v) is 26.1. The molecule has 0 atom stereocenters. The summed E-state index contributed by atoms with van der Waals surface area (Å²) < 4.78 is 49.1. The lowest BCUT2D eigenvalue weighted by molar-refractivity contribution is -0.150.